The first-order chi connectivity index (χ1) is 11.8. The molecule has 5 heteroatoms. The molecule has 0 bridgehead atoms. The summed E-state index contributed by atoms with van der Waals surface area (Å²) >= 11 is 0. The third-order valence-corrected chi connectivity index (χ3v) is 4.61. The average Bonchev–Trinajstić information content (AvgIpc) is 2.55. The van der Waals surface area contributed by atoms with Gasteiger partial charge >= 0.3 is 6.18 Å². The summed E-state index contributed by atoms with van der Waals surface area (Å²) in [4.78, 5) is 0. The quantitative estimate of drug-likeness (QED) is 0.518. The highest BCUT2D eigenvalue weighted by atomic mass is 19.4. The zero-order chi connectivity index (χ0) is 18.2. The van der Waals surface area contributed by atoms with E-state index in [9.17, 15) is 22.0 Å². The van der Waals surface area contributed by atoms with Crippen LogP contribution in [0, 0.1) is 17.6 Å². The lowest BCUT2D eigenvalue weighted by atomic mass is 9.87. The van der Waals surface area contributed by atoms with Crippen LogP contribution in [0.2, 0.25) is 0 Å². The van der Waals surface area contributed by atoms with Crippen molar-refractivity contribution in [3.05, 3.63) is 65.2 Å². The van der Waals surface area contributed by atoms with Crippen LogP contribution < -0.4 is 0 Å². The first kappa shape index (κ1) is 17.6. The van der Waals surface area contributed by atoms with E-state index >= 15 is 0 Å². The van der Waals surface area contributed by atoms with Gasteiger partial charge in [0.25, 0.3) is 0 Å². The molecule has 0 amide bonds. The van der Waals surface area contributed by atoms with Crippen LogP contribution in [0.25, 0.3) is 16.7 Å². The first-order valence-electron chi connectivity index (χ1n) is 8.12. The average molecular weight is 352 g/mol. The van der Waals surface area contributed by atoms with Crippen molar-refractivity contribution in [1.29, 1.82) is 0 Å². The predicted molar refractivity (Wildman–Crippen MR) is 87.8 cm³/mol. The molecule has 0 aliphatic heterocycles. The molecule has 1 aliphatic carbocycles. The summed E-state index contributed by atoms with van der Waals surface area (Å²) < 4.78 is 66.2. The first-order valence-corrected chi connectivity index (χ1v) is 8.12. The van der Waals surface area contributed by atoms with Crippen molar-refractivity contribution >= 4 is 5.57 Å². The van der Waals surface area contributed by atoms with E-state index < -0.39 is 23.4 Å². The standard InChI is InChI=1S/C20H17F5/c1-12-2-4-13(5-3-12)14-6-8-15(9-7-14)16-10-11-17(21)18(19(16)22)20(23,24)25/h4,6-12H,2-3,5H2,1H3. The Morgan fingerprint density at radius 2 is 1.56 bits per heavy atom. The fourth-order valence-corrected chi connectivity index (χ4v) is 3.13. The smallest absolute Gasteiger partial charge is 0.206 e. The Morgan fingerprint density at radius 1 is 0.920 bits per heavy atom. The van der Waals surface area contributed by atoms with Crippen molar-refractivity contribution in [2.75, 3.05) is 0 Å². The molecule has 0 heterocycles. The molecule has 1 atom stereocenters. The summed E-state index contributed by atoms with van der Waals surface area (Å²) in [5, 5.41) is 0. The highest BCUT2D eigenvalue weighted by Gasteiger charge is 2.38. The second-order valence-corrected chi connectivity index (χ2v) is 6.47. The number of hydrogen-bond donors (Lipinski definition) is 0. The van der Waals surface area contributed by atoms with E-state index in [4.69, 9.17) is 0 Å². The molecule has 0 radical (unpaired) electrons. The van der Waals surface area contributed by atoms with E-state index in [0.717, 1.165) is 30.9 Å². The number of hydrogen-bond acceptors (Lipinski definition) is 0. The van der Waals surface area contributed by atoms with Crippen LogP contribution in [0.4, 0.5) is 22.0 Å². The van der Waals surface area contributed by atoms with Gasteiger partial charge in [0.2, 0.25) is 0 Å². The Labute approximate surface area is 143 Å². The zero-order valence-electron chi connectivity index (χ0n) is 13.6. The molecule has 0 saturated carbocycles. The predicted octanol–water partition coefficient (Wildman–Crippen LogP) is 6.85. The molecule has 0 saturated heterocycles. The van der Waals surface area contributed by atoms with Crippen LogP contribution in [0.3, 0.4) is 0 Å². The molecule has 3 rings (SSSR count). The summed E-state index contributed by atoms with van der Waals surface area (Å²) in [6, 6.07) is 8.38. The third kappa shape index (κ3) is 3.60. The maximum Gasteiger partial charge on any atom is 0.422 e. The maximum absolute atomic E-state index is 14.2. The molecule has 2 aromatic rings. The Bertz CT molecular complexity index is 800. The van der Waals surface area contributed by atoms with E-state index in [2.05, 4.69) is 13.0 Å². The molecular weight excluding hydrogens is 335 g/mol. The Hall–Kier alpha value is -2.17. The second-order valence-electron chi connectivity index (χ2n) is 6.47. The summed E-state index contributed by atoms with van der Waals surface area (Å²) in [6.07, 6.45) is 0.133. The lowest BCUT2D eigenvalue weighted by molar-refractivity contribution is -0.142. The zero-order valence-corrected chi connectivity index (χ0v) is 13.6. The molecule has 2 aromatic carbocycles. The van der Waals surface area contributed by atoms with Crippen molar-refractivity contribution in [2.24, 2.45) is 5.92 Å². The van der Waals surface area contributed by atoms with Crippen LogP contribution in [0.1, 0.15) is 37.3 Å². The van der Waals surface area contributed by atoms with Crippen molar-refractivity contribution in [3.63, 3.8) is 0 Å². The van der Waals surface area contributed by atoms with Gasteiger partial charge in [-0.05, 0) is 54.0 Å². The molecule has 25 heavy (non-hydrogen) atoms. The Kier molecular flexibility index (Phi) is 4.67. The van der Waals surface area contributed by atoms with Crippen LogP contribution in [0.15, 0.2) is 42.5 Å². The van der Waals surface area contributed by atoms with E-state index in [1.54, 1.807) is 24.3 Å². The normalized spacial score (nSPS) is 18.2. The van der Waals surface area contributed by atoms with Crippen molar-refractivity contribution < 1.29 is 22.0 Å². The van der Waals surface area contributed by atoms with Gasteiger partial charge in [-0.25, -0.2) is 8.78 Å². The molecule has 0 spiro atoms. The lowest BCUT2D eigenvalue weighted by Gasteiger charge is -2.18. The van der Waals surface area contributed by atoms with Gasteiger partial charge in [-0.15, -0.1) is 0 Å². The molecule has 0 aromatic heterocycles. The largest absolute Gasteiger partial charge is 0.422 e. The molecule has 1 unspecified atom stereocenters. The van der Waals surface area contributed by atoms with E-state index in [1.807, 2.05) is 0 Å². The number of rotatable bonds is 2. The van der Waals surface area contributed by atoms with Gasteiger partial charge in [0, 0.05) is 5.56 Å². The number of halogens is 5. The highest BCUT2D eigenvalue weighted by Crippen LogP contribution is 2.38. The minimum atomic E-state index is -5.08. The van der Waals surface area contributed by atoms with Crippen LogP contribution >= 0.6 is 0 Å². The maximum atomic E-state index is 14.2. The van der Waals surface area contributed by atoms with Gasteiger partial charge in [-0.2, -0.15) is 13.2 Å². The fraction of sp³-hybridized carbons (Fsp3) is 0.300. The number of benzene rings is 2. The summed E-state index contributed by atoms with van der Waals surface area (Å²) in [7, 11) is 0. The van der Waals surface area contributed by atoms with E-state index in [0.29, 0.717) is 12.0 Å². The molecule has 132 valence electrons. The van der Waals surface area contributed by atoms with Crippen LogP contribution in [0.5, 0.6) is 0 Å². The van der Waals surface area contributed by atoms with Crippen LogP contribution in [-0.4, -0.2) is 0 Å². The summed E-state index contributed by atoms with van der Waals surface area (Å²) in [5.41, 5.74) is 0.357. The Morgan fingerprint density at radius 3 is 2.12 bits per heavy atom. The molecule has 0 nitrogen and oxygen atoms in total. The third-order valence-electron chi connectivity index (χ3n) is 4.61. The molecular formula is C20H17F5. The molecule has 0 fully saturated rings. The lowest BCUT2D eigenvalue weighted by Crippen LogP contribution is -2.12. The van der Waals surface area contributed by atoms with Crippen molar-refractivity contribution in [2.45, 2.75) is 32.4 Å². The minimum Gasteiger partial charge on any atom is -0.206 e. The molecule has 0 N–H and O–H groups in total. The Balaban J connectivity index is 1.96. The van der Waals surface area contributed by atoms with Gasteiger partial charge in [-0.1, -0.05) is 37.3 Å². The SMILES string of the molecule is CC1CC=C(c2ccc(-c3ccc(F)c(C(F)(F)F)c3F)cc2)CC1. The fourth-order valence-electron chi connectivity index (χ4n) is 3.13. The summed E-state index contributed by atoms with van der Waals surface area (Å²) in [6.45, 7) is 2.19. The van der Waals surface area contributed by atoms with Crippen LogP contribution in [-0.2, 0) is 6.18 Å². The number of allylic oxidation sites excluding steroid dienone is 2. The van der Waals surface area contributed by atoms with Gasteiger partial charge in [0.05, 0.1) is 0 Å². The minimum absolute atomic E-state index is 0.258. The topological polar surface area (TPSA) is 0 Å². The van der Waals surface area contributed by atoms with Gasteiger partial charge in [0.15, 0.2) is 0 Å². The molecule has 1 aliphatic rings. The second kappa shape index (κ2) is 6.62. The van der Waals surface area contributed by atoms with Gasteiger partial charge < -0.3 is 0 Å². The van der Waals surface area contributed by atoms with E-state index in [1.165, 1.54) is 5.57 Å². The summed E-state index contributed by atoms with van der Waals surface area (Å²) in [5.74, 6) is -2.53. The van der Waals surface area contributed by atoms with Gasteiger partial charge in [-0.3, -0.25) is 0 Å². The van der Waals surface area contributed by atoms with Crippen molar-refractivity contribution in [1.82, 2.24) is 0 Å². The van der Waals surface area contributed by atoms with E-state index in [-0.39, 0.29) is 11.1 Å². The highest BCUT2D eigenvalue weighted by molar-refractivity contribution is 5.71. The number of alkyl halides is 3. The van der Waals surface area contributed by atoms with Crippen molar-refractivity contribution in [3.8, 4) is 11.1 Å². The monoisotopic (exact) mass is 352 g/mol. The van der Waals surface area contributed by atoms with Gasteiger partial charge in [0.1, 0.15) is 17.2 Å².